The number of hydrogen-bond acceptors (Lipinski definition) is 5. The predicted octanol–water partition coefficient (Wildman–Crippen LogP) is 3.57. The molecule has 150 valence electrons. The first-order chi connectivity index (χ1) is 14.5. The molecule has 0 saturated heterocycles. The third-order valence-corrected chi connectivity index (χ3v) is 4.42. The fourth-order valence-electron chi connectivity index (χ4n) is 2.51. The van der Waals surface area contributed by atoms with Crippen LogP contribution in [0, 0.1) is 18.3 Å². The normalized spacial score (nSPS) is 10.0. The highest BCUT2D eigenvalue weighted by molar-refractivity contribution is 6.30. The molecular formula is C22H17ClN4O3. The van der Waals surface area contributed by atoms with Gasteiger partial charge in [-0.05, 0) is 61.0 Å². The van der Waals surface area contributed by atoms with Gasteiger partial charge in [0.25, 0.3) is 11.8 Å². The van der Waals surface area contributed by atoms with Crippen molar-refractivity contribution in [2.24, 2.45) is 0 Å². The summed E-state index contributed by atoms with van der Waals surface area (Å²) in [6, 6.07) is 18.7. The van der Waals surface area contributed by atoms with E-state index < -0.39 is 11.8 Å². The van der Waals surface area contributed by atoms with Gasteiger partial charge < -0.3 is 4.74 Å². The number of carbonyl (C=O) groups excluding carboxylic acids is 2. The first-order valence-corrected chi connectivity index (χ1v) is 9.30. The lowest BCUT2D eigenvalue weighted by Gasteiger charge is -2.09. The number of nitrogens with one attached hydrogen (secondary N) is 2. The fraction of sp³-hybridized carbons (Fsp3) is 0.0909. The van der Waals surface area contributed by atoms with Gasteiger partial charge in [-0.25, -0.2) is 4.98 Å². The zero-order valence-electron chi connectivity index (χ0n) is 16.0. The Hall–Kier alpha value is -3.89. The zero-order chi connectivity index (χ0) is 21.5. The van der Waals surface area contributed by atoms with Gasteiger partial charge in [0.05, 0.1) is 11.3 Å². The van der Waals surface area contributed by atoms with Gasteiger partial charge in [-0.3, -0.25) is 20.4 Å². The average Bonchev–Trinajstić information content (AvgIpc) is 2.77. The number of nitrogens with zero attached hydrogens (tertiary/aromatic N) is 2. The van der Waals surface area contributed by atoms with Crippen LogP contribution in [0.15, 0.2) is 60.7 Å². The van der Waals surface area contributed by atoms with Crippen LogP contribution >= 0.6 is 11.6 Å². The first kappa shape index (κ1) is 20.8. The van der Waals surface area contributed by atoms with Crippen LogP contribution in [0.5, 0.6) is 5.75 Å². The largest absolute Gasteiger partial charge is 0.489 e. The van der Waals surface area contributed by atoms with E-state index in [9.17, 15) is 9.59 Å². The van der Waals surface area contributed by atoms with Crippen molar-refractivity contribution in [2.75, 3.05) is 0 Å². The third kappa shape index (κ3) is 5.34. The molecule has 2 aromatic carbocycles. The molecule has 3 rings (SSSR count). The van der Waals surface area contributed by atoms with Gasteiger partial charge in [0.1, 0.15) is 24.1 Å². The molecule has 3 aromatic rings. The Morgan fingerprint density at radius 2 is 1.67 bits per heavy atom. The highest BCUT2D eigenvalue weighted by Gasteiger charge is 2.12. The smallest absolute Gasteiger partial charge is 0.288 e. The average molecular weight is 421 g/mol. The quantitative estimate of drug-likeness (QED) is 0.614. The molecule has 0 aliphatic rings. The molecule has 0 bridgehead atoms. The van der Waals surface area contributed by atoms with Gasteiger partial charge in [-0.2, -0.15) is 5.26 Å². The van der Waals surface area contributed by atoms with Crippen molar-refractivity contribution in [2.45, 2.75) is 13.5 Å². The number of halogens is 1. The van der Waals surface area contributed by atoms with Crippen LogP contribution in [0.2, 0.25) is 5.02 Å². The molecule has 0 fully saturated rings. The van der Waals surface area contributed by atoms with Gasteiger partial charge in [0.2, 0.25) is 0 Å². The van der Waals surface area contributed by atoms with E-state index in [4.69, 9.17) is 21.6 Å². The van der Waals surface area contributed by atoms with E-state index in [-0.39, 0.29) is 5.69 Å². The lowest BCUT2D eigenvalue weighted by molar-refractivity contribution is 0.0844. The zero-order valence-corrected chi connectivity index (χ0v) is 16.7. The number of carbonyl (C=O) groups is 2. The summed E-state index contributed by atoms with van der Waals surface area (Å²) in [7, 11) is 0. The molecule has 0 radical (unpaired) electrons. The summed E-state index contributed by atoms with van der Waals surface area (Å²) in [6.45, 7) is 1.97. The number of aryl methyl sites for hydroxylation is 1. The molecule has 7 nitrogen and oxygen atoms in total. The van der Waals surface area contributed by atoms with Crippen molar-refractivity contribution < 1.29 is 14.3 Å². The number of rotatable bonds is 5. The topological polar surface area (TPSA) is 104 Å². The lowest BCUT2D eigenvalue weighted by atomic mass is 10.1. The standard InChI is InChI=1S/C22H17ClN4O3/c1-14-17(12-24)6-11-20(25-14)22(29)27-26-21(28)16-4-2-15(3-5-16)13-30-19-9-7-18(23)8-10-19/h2-11H,13H2,1H3,(H,26,28)(H,27,29). The molecule has 8 heteroatoms. The minimum atomic E-state index is -0.580. The number of aromatic nitrogens is 1. The molecule has 2 N–H and O–H groups in total. The summed E-state index contributed by atoms with van der Waals surface area (Å²) in [6.07, 6.45) is 0. The van der Waals surface area contributed by atoms with Crippen LogP contribution in [0.1, 0.15) is 37.7 Å². The molecule has 1 heterocycles. The van der Waals surface area contributed by atoms with Crippen molar-refractivity contribution in [3.8, 4) is 11.8 Å². The van der Waals surface area contributed by atoms with Crippen LogP contribution in [-0.2, 0) is 6.61 Å². The molecule has 0 unspecified atom stereocenters. The molecule has 0 atom stereocenters. The summed E-state index contributed by atoms with van der Waals surface area (Å²) < 4.78 is 5.66. The molecule has 0 aliphatic carbocycles. The maximum atomic E-state index is 12.2. The summed E-state index contributed by atoms with van der Waals surface area (Å²) in [5.74, 6) is -0.363. The maximum Gasteiger partial charge on any atom is 0.288 e. The van der Waals surface area contributed by atoms with Crippen LogP contribution in [0.25, 0.3) is 0 Å². The summed E-state index contributed by atoms with van der Waals surface area (Å²) >= 11 is 5.84. The molecule has 30 heavy (non-hydrogen) atoms. The highest BCUT2D eigenvalue weighted by atomic mass is 35.5. The van der Waals surface area contributed by atoms with E-state index in [0.717, 1.165) is 5.56 Å². The first-order valence-electron chi connectivity index (χ1n) is 8.92. The van der Waals surface area contributed by atoms with Crippen molar-refractivity contribution >= 4 is 23.4 Å². The fourth-order valence-corrected chi connectivity index (χ4v) is 2.63. The predicted molar refractivity (Wildman–Crippen MR) is 111 cm³/mol. The number of hydrogen-bond donors (Lipinski definition) is 2. The molecule has 0 aliphatic heterocycles. The third-order valence-electron chi connectivity index (χ3n) is 4.16. The van der Waals surface area contributed by atoms with Crippen LogP contribution in [0.4, 0.5) is 0 Å². The summed E-state index contributed by atoms with van der Waals surface area (Å²) in [5.41, 5.74) is 6.82. The van der Waals surface area contributed by atoms with E-state index in [2.05, 4.69) is 15.8 Å². The van der Waals surface area contributed by atoms with Gasteiger partial charge in [0.15, 0.2) is 0 Å². The van der Waals surface area contributed by atoms with Crippen molar-refractivity contribution in [3.63, 3.8) is 0 Å². The van der Waals surface area contributed by atoms with Crippen LogP contribution in [0.3, 0.4) is 0 Å². The van der Waals surface area contributed by atoms with Crippen molar-refractivity contribution in [1.29, 1.82) is 5.26 Å². The minimum Gasteiger partial charge on any atom is -0.489 e. The number of ether oxygens (including phenoxy) is 1. The Morgan fingerprint density at radius 1 is 1.00 bits per heavy atom. The van der Waals surface area contributed by atoms with E-state index in [0.29, 0.717) is 34.2 Å². The van der Waals surface area contributed by atoms with Gasteiger partial charge in [-0.15, -0.1) is 0 Å². The number of hydrazine groups is 1. The van der Waals surface area contributed by atoms with Gasteiger partial charge in [-0.1, -0.05) is 23.7 Å². The Labute approximate surface area is 178 Å². The SMILES string of the molecule is Cc1nc(C(=O)NNC(=O)c2ccc(COc3ccc(Cl)cc3)cc2)ccc1C#N. The maximum absolute atomic E-state index is 12.2. The Kier molecular flexibility index (Phi) is 6.63. The lowest BCUT2D eigenvalue weighted by Crippen LogP contribution is -2.42. The Bertz CT molecular complexity index is 1110. The second-order valence-corrected chi connectivity index (χ2v) is 6.73. The van der Waals surface area contributed by atoms with Crippen LogP contribution < -0.4 is 15.6 Å². The van der Waals surface area contributed by atoms with E-state index in [1.807, 2.05) is 6.07 Å². The number of amides is 2. The second-order valence-electron chi connectivity index (χ2n) is 6.29. The molecule has 0 spiro atoms. The highest BCUT2D eigenvalue weighted by Crippen LogP contribution is 2.17. The number of nitriles is 1. The van der Waals surface area contributed by atoms with Crippen molar-refractivity contribution in [3.05, 3.63) is 93.8 Å². The second kappa shape index (κ2) is 9.54. The minimum absolute atomic E-state index is 0.0986. The summed E-state index contributed by atoms with van der Waals surface area (Å²) in [4.78, 5) is 28.4. The Balaban J connectivity index is 1.53. The summed E-state index contributed by atoms with van der Waals surface area (Å²) in [5, 5.41) is 9.55. The van der Waals surface area contributed by atoms with Gasteiger partial charge in [0, 0.05) is 10.6 Å². The molecule has 2 amide bonds. The van der Waals surface area contributed by atoms with Gasteiger partial charge >= 0.3 is 0 Å². The molecule has 0 saturated carbocycles. The van der Waals surface area contributed by atoms with Crippen molar-refractivity contribution in [1.82, 2.24) is 15.8 Å². The Morgan fingerprint density at radius 3 is 2.30 bits per heavy atom. The van der Waals surface area contributed by atoms with E-state index in [1.54, 1.807) is 55.5 Å². The van der Waals surface area contributed by atoms with E-state index in [1.165, 1.54) is 12.1 Å². The molecule has 1 aromatic heterocycles. The molecular weight excluding hydrogens is 404 g/mol. The van der Waals surface area contributed by atoms with E-state index >= 15 is 0 Å². The van der Waals surface area contributed by atoms with Crippen LogP contribution in [-0.4, -0.2) is 16.8 Å². The number of pyridine rings is 1. The number of benzene rings is 2. The monoisotopic (exact) mass is 420 g/mol.